The van der Waals surface area contributed by atoms with Gasteiger partial charge in [-0.1, -0.05) is 13.3 Å². The highest BCUT2D eigenvalue weighted by Gasteiger charge is 2.16. The first-order valence-corrected chi connectivity index (χ1v) is 7.84. The number of carbonyl (C=O) groups is 1. The fraction of sp³-hybridized carbons (Fsp3) is 0.933. The molecule has 0 spiro atoms. The normalized spacial score (nSPS) is 17.3. The Kier molecular flexibility index (Phi) is 9.62. The summed E-state index contributed by atoms with van der Waals surface area (Å²) in [4.78, 5) is 13.4. The number of likely N-dealkylation sites (tertiary alicyclic amines) is 1. The maximum absolute atomic E-state index is 10.9. The Morgan fingerprint density at radius 2 is 1.90 bits per heavy atom. The van der Waals surface area contributed by atoms with Gasteiger partial charge in [0, 0.05) is 26.8 Å². The van der Waals surface area contributed by atoms with Crippen molar-refractivity contribution < 1.29 is 14.3 Å². The van der Waals surface area contributed by atoms with Gasteiger partial charge in [-0.05, 0) is 38.3 Å². The molecule has 0 aromatic rings. The number of ether oxygens (including phenoxy) is 2. The second kappa shape index (κ2) is 11.1. The average Bonchev–Trinajstić information content (AvgIpc) is 2.50. The van der Waals surface area contributed by atoms with Crippen molar-refractivity contribution in [2.75, 3.05) is 53.1 Å². The van der Waals surface area contributed by atoms with Crippen molar-refractivity contribution in [3.63, 3.8) is 0 Å². The van der Waals surface area contributed by atoms with Gasteiger partial charge in [-0.2, -0.15) is 0 Å². The zero-order chi connectivity index (χ0) is 14.6. The zero-order valence-electron chi connectivity index (χ0n) is 13.0. The molecule has 1 heterocycles. The molecule has 1 aliphatic heterocycles. The van der Waals surface area contributed by atoms with Crippen LogP contribution in [-0.2, 0) is 14.3 Å². The molecule has 118 valence electrons. The van der Waals surface area contributed by atoms with E-state index in [1.807, 2.05) is 0 Å². The van der Waals surface area contributed by atoms with Gasteiger partial charge in [-0.15, -0.1) is 0 Å². The molecule has 1 rings (SSSR count). The summed E-state index contributed by atoms with van der Waals surface area (Å²) in [6.07, 6.45) is 4.84. The first-order valence-electron chi connectivity index (χ1n) is 7.84. The lowest BCUT2D eigenvalue weighted by atomic mass is 9.94. The molecule has 1 amide bonds. The molecular formula is C15H30N2O3. The molecular weight excluding hydrogens is 256 g/mol. The predicted molar refractivity (Wildman–Crippen MR) is 79.8 cm³/mol. The van der Waals surface area contributed by atoms with Gasteiger partial charge in [0.1, 0.15) is 6.61 Å². The number of amides is 1. The molecule has 0 saturated carbocycles. The van der Waals surface area contributed by atoms with Gasteiger partial charge < -0.3 is 19.7 Å². The van der Waals surface area contributed by atoms with Crippen LogP contribution in [-0.4, -0.2) is 63.9 Å². The Morgan fingerprint density at radius 3 is 2.55 bits per heavy atom. The molecule has 0 unspecified atom stereocenters. The summed E-state index contributed by atoms with van der Waals surface area (Å²) < 4.78 is 10.8. The molecule has 0 radical (unpaired) electrons. The van der Waals surface area contributed by atoms with Gasteiger partial charge in [0.25, 0.3) is 0 Å². The van der Waals surface area contributed by atoms with E-state index >= 15 is 0 Å². The molecule has 0 atom stereocenters. The number of nitrogens with zero attached hydrogens (tertiary/aromatic N) is 1. The number of nitrogens with one attached hydrogen (secondary N) is 1. The first kappa shape index (κ1) is 17.4. The van der Waals surface area contributed by atoms with Crippen LogP contribution in [0.3, 0.4) is 0 Å². The predicted octanol–water partition coefficient (Wildman–Crippen LogP) is 1.28. The van der Waals surface area contributed by atoms with Gasteiger partial charge in [0.05, 0.1) is 6.61 Å². The molecule has 20 heavy (non-hydrogen) atoms. The van der Waals surface area contributed by atoms with Crippen LogP contribution in [0.15, 0.2) is 0 Å². The second-order valence-electron chi connectivity index (χ2n) is 5.38. The van der Waals surface area contributed by atoms with Crippen LogP contribution in [0.4, 0.5) is 0 Å². The number of rotatable bonds is 10. The minimum absolute atomic E-state index is 0.0820. The van der Waals surface area contributed by atoms with Crippen molar-refractivity contribution in [1.29, 1.82) is 0 Å². The molecule has 1 aliphatic rings. The summed E-state index contributed by atoms with van der Waals surface area (Å²) in [5.74, 6) is 0.853. The molecule has 0 aromatic carbocycles. The maximum atomic E-state index is 10.9. The number of carbonyl (C=O) groups excluding carboxylic acids is 1. The van der Waals surface area contributed by atoms with Gasteiger partial charge in [0.15, 0.2) is 0 Å². The first-order chi connectivity index (χ1) is 9.76. The standard InChI is InChI=1S/C15H30N2O3/c1-3-14-5-7-17(8-6-14)9-12-19-10-4-11-20-13-15(18)16-2/h14H,3-13H2,1-2H3,(H,16,18). The van der Waals surface area contributed by atoms with Gasteiger partial charge in [-0.25, -0.2) is 0 Å². The number of piperidine rings is 1. The highest BCUT2D eigenvalue weighted by atomic mass is 16.5. The van der Waals surface area contributed by atoms with E-state index in [0.717, 1.165) is 25.5 Å². The van der Waals surface area contributed by atoms with Crippen LogP contribution in [0.25, 0.3) is 0 Å². The van der Waals surface area contributed by atoms with Crippen LogP contribution in [0, 0.1) is 5.92 Å². The van der Waals surface area contributed by atoms with Crippen molar-refractivity contribution in [2.45, 2.75) is 32.6 Å². The highest BCUT2D eigenvalue weighted by Crippen LogP contribution is 2.19. The van der Waals surface area contributed by atoms with Gasteiger partial charge in [0.2, 0.25) is 5.91 Å². The lowest BCUT2D eigenvalue weighted by Gasteiger charge is -2.31. The van der Waals surface area contributed by atoms with Crippen LogP contribution in [0.1, 0.15) is 32.6 Å². The van der Waals surface area contributed by atoms with E-state index in [4.69, 9.17) is 9.47 Å². The summed E-state index contributed by atoms with van der Waals surface area (Å²) in [6, 6.07) is 0. The van der Waals surface area contributed by atoms with Crippen LogP contribution in [0.2, 0.25) is 0 Å². The van der Waals surface area contributed by atoms with Crippen LogP contribution in [0.5, 0.6) is 0 Å². The number of hydrogen-bond donors (Lipinski definition) is 1. The van der Waals surface area contributed by atoms with Gasteiger partial charge in [-0.3, -0.25) is 4.79 Å². The zero-order valence-corrected chi connectivity index (χ0v) is 13.0. The van der Waals surface area contributed by atoms with E-state index in [1.165, 1.54) is 32.4 Å². The van der Waals surface area contributed by atoms with E-state index in [-0.39, 0.29) is 12.5 Å². The Labute approximate surface area is 123 Å². The minimum Gasteiger partial charge on any atom is -0.380 e. The molecule has 0 bridgehead atoms. The van der Waals surface area contributed by atoms with E-state index in [0.29, 0.717) is 13.2 Å². The summed E-state index contributed by atoms with van der Waals surface area (Å²) in [5.41, 5.74) is 0. The van der Waals surface area contributed by atoms with Crippen molar-refractivity contribution in [2.24, 2.45) is 5.92 Å². The lowest BCUT2D eigenvalue weighted by Crippen LogP contribution is -2.35. The topological polar surface area (TPSA) is 50.8 Å². The highest BCUT2D eigenvalue weighted by molar-refractivity contribution is 5.76. The van der Waals surface area contributed by atoms with E-state index in [1.54, 1.807) is 7.05 Å². The Morgan fingerprint density at radius 1 is 1.20 bits per heavy atom. The van der Waals surface area contributed by atoms with Crippen molar-refractivity contribution in [3.8, 4) is 0 Å². The largest absolute Gasteiger partial charge is 0.380 e. The molecule has 0 aromatic heterocycles. The third-order valence-electron chi connectivity index (χ3n) is 3.93. The molecule has 5 heteroatoms. The molecule has 0 aliphatic carbocycles. The molecule has 1 saturated heterocycles. The SMILES string of the molecule is CCC1CCN(CCOCCCOCC(=O)NC)CC1. The summed E-state index contributed by atoms with van der Waals surface area (Å²) >= 11 is 0. The van der Waals surface area contributed by atoms with Crippen molar-refractivity contribution in [3.05, 3.63) is 0 Å². The summed E-state index contributed by atoms with van der Waals surface area (Å²) in [6.45, 7) is 7.99. The average molecular weight is 286 g/mol. The van der Waals surface area contributed by atoms with Crippen molar-refractivity contribution >= 4 is 5.91 Å². The van der Waals surface area contributed by atoms with E-state index < -0.39 is 0 Å². The molecule has 1 N–H and O–H groups in total. The summed E-state index contributed by atoms with van der Waals surface area (Å²) in [7, 11) is 1.61. The Balaban J connectivity index is 1.84. The fourth-order valence-corrected chi connectivity index (χ4v) is 2.41. The van der Waals surface area contributed by atoms with E-state index in [9.17, 15) is 4.79 Å². The van der Waals surface area contributed by atoms with Crippen LogP contribution < -0.4 is 5.32 Å². The van der Waals surface area contributed by atoms with Crippen LogP contribution >= 0.6 is 0 Å². The quantitative estimate of drug-likeness (QED) is 0.615. The minimum atomic E-state index is -0.0820. The molecule has 5 nitrogen and oxygen atoms in total. The van der Waals surface area contributed by atoms with Crippen molar-refractivity contribution in [1.82, 2.24) is 10.2 Å². The fourth-order valence-electron chi connectivity index (χ4n) is 2.41. The molecule has 1 fully saturated rings. The lowest BCUT2D eigenvalue weighted by molar-refractivity contribution is -0.125. The summed E-state index contributed by atoms with van der Waals surface area (Å²) in [5, 5.41) is 2.52. The maximum Gasteiger partial charge on any atom is 0.245 e. The number of likely N-dealkylation sites (N-methyl/N-ethyl adjacent to an activating group) is 1. The smallest absolute Gasteiger partial charge is 0.245 e. The third kappa shape index (κ3) is 7.82. The second-order valence-corrected chi connectivity index (χ2v) is 5.38. The Bertz CT molecular complexity index is 254. The monoisotopic (exact) mass is 286 g/mol. The number of hydrogen-bond acceptors (Lipinski definition) is 4. The van der Waals surface area contributed by atoms with Gasteiger partial charge >= 0.3 is 0 Å². The Hall–Kier alpha value is -0.650. The van der Waals surface area contributed by atoms with E-state index in [2.05, 4.69) is 17.1 Å². The third-order valence-corrected chi connectivity index (χ3v) is 3.93.